The van der Waals surface area contributed by atoms with Gasteiger partial charge in [-0.25, -0.2) is 0 Å². The lowest BCUT2D eigenvalue weighted by Gasteiger charge is -2.07. The van der Waals surface area contributed by atoms with Gasteiger partial charge in [0.15, 0.2) is 11.2 Å². The summed E-state index contributed by atoms with van der Waals surface area (Å²) in [6, 6.07) is 51.8. The Labute approximate surface area is 252 Å². The summed E-state index contributed by atoms with van der Waals surface area (Å²) >= 11 is 0. The van der Waals surface area contributed by atoms with Gasteiger partial charge in [0.05, 0.1) is 0 Å². The van der Waals surface area contributed by atoms with Gasteiger partial charge in [0.1, 0.15) is 11.2 Å². The largest absolute Gasteiger partial charge is 0.452 e. The summed E-state index contributed by atoms with van der Waals surface area (Å²) in [5, 5.41) is 11.7. The molecule has 2 aromatic heterocycles. The van der Waals surface area contributed by atoms with Gasteiger partial charge in [0.2, 0.25) is 0 Å². The zero-order valence-electron chi connectivity index (χ0n) is 23.7. The van der Waals surface area contributed by atoms with Crippen LogP contribution in [0.2, 0.25) is 0 Å². The number of rotatable bonds is 2. The number of hydrogen-bond acceptors (Lipinski definition) is 2. The molecule has 204 valence electrons. The molecule has 0 amide bonds. The molecule has 0 N–H and O–H groups in total. The van der Waals surface area contributed by atoms with E-state index in [4.69, 9.17) is 8.83 Å². The molecule has 2 heteroatoms. The average Bonchev–Trinajstić information content (AvgIpc) is 3.66. The van der Waals surface area contributed by atoms with Crippen molar-refractivity contribution >= 4 is 76.2 Å². The maximum atomic E-state index is 6.76. The monoisotopic (exact) mass is 560 g/mol. The normalized spacial score (nSPS) is 12.1. The van der Waals surface area contributed by atoms with E-state index in [1.165, 1.54) is 43.4 Å². The number of hydrogen-bond donors (Lipinski definition) is 0. The van der Waals surface area contributed by atoms with Crippen molar-refractivity contribution in [3.8, 4) is 22.3 Å². The molecule has 0 atom stereocenters. The van der Waals surface area contributed by atoms with E-state index in [1.807, 2.05) is 0 Å². The number of fused-ring (bicyclic) bond motifs is 12. The van der Waals surface area contributed by atoms with E-state index in [1.54, 1.807) is 0 Å². The van der Waals surface area contributed by atoms with E-state index in [9.17, 15) is 0 Å². The minimum absolute atomic E-state index is 0.798. The van der Waals surface area contributed by atoms with Crippen molar-refractivity contribution in [1.82, 2.24) is 0 Å². The Hall–Kier alpha value is -5.86. The zero-order chi connectivity index (χ0) is 28.8. The van der Waals surface area contributed by atoms with Crippen molar-refractivity contribution in [3.05, 3.63) is 146 Å². The van der Waals surface area contributed by atoms with Gasteiger partial charge in [-0.3, -0.25) is 0 Å². The molecule has 0 saturated carbocycles. The standard InChI is InChI=1S/C42H24O2/c1-3-13-29-25(9-1)11-7-17-31(29)27-19-21-35-37(23-27)43-41-39(35)33-15-5-6-16-34(33)40-36-22-20-28(24-38(36)44-42(40)41)32-18-8-12-26-10-2-4-14-30(26)32/h1-24H. The summed E-state index contributed by atoms with van der Waals surface area (Å²) in [5.41, 5.74) is 7.99. The number of furan rings is 2. The molecule has 0 bridgehead atoms. The molecule has 0 aliphatic carbocycles. The van der Waals surface area contributed by atoms with Gasteiger partial charge in [0.25, 0.3) is 0 Å². The van der Waals surface area contributed by atoms with Gasteiger partial charge in [-0.2, -0.15) is 0 Å². The minimum atomic E-state index is 0.798. The molecule has 2 heterocycles. The van der Waals surface area contributed by atoms with Gasteiger partial charge in [-0.05, 0) is 78.8 Å². The zero-order valence-corrected chi connectivity index (χ0v) is 23.7. The van der Waals surface area contributed by atoms with E-state index < -0.39 is 0 Å². The Morgan fingerprint density at radius 1 is 0.318 bits per heavy atom. The van der Waals surface area contributed by atoms with Crippen molar-refractivity contribution in [2.75, 3.05) is 0 Å². The van der Waals surface area contributed by atoms with Gasteiger partial charge in [-0.1, -0.05) is 121 Å². The molecular formula is C42H24O2. The van der Waals surface area contributed by atoms with Gasteiger partial charge < -0.3 is 8.83 Å². The second kappa shape index (κ2) is 8.82. The van der Waals surface area contributed by atoms with Crippen LogP contribution in [0.15, 0.2) is 154 Å². The van der Waals surface area contributed by atoms with Crippen molar-refractivity contribution in [3.63, 3.8) is 0 Å². The van der Waals surface area contributed by atoms with Crippen molar-refractivity contribution in [2.24, 2.45) is 0 Å². The van der Waals surface area contributed by atoms with Gasteiger partial charge in [-0.15, -0.1) is 0 Å². The number of benzene rings is 8. The molecule has 0 aliphatic heterocycles. The quantitative estimate of drug-likeness (QED) is 0.210. The topological polar surface area (TPSA) is 26.3 Å². The first-order chi connectivity index (χ1) is 21.8. The van der Waals surface area contributed by atoms with Crippen LogP contribution < -0.4 is 0 Å². The fourth-order valence-electron chi connectivity index (χ4n) is 7.26. The molecule has 2 nitrogen and oxygen atoms in total. The fraction of sp³-hybridized carbons (Fsp3) is 0. The van der Waals surface area contributed by atoms with Crippen LogP contribution in [0.1, 0.15) is 0 Å². The third-order valence-corrected chi connectivity index (χ3v) is 9.25. The predicted molar refractivity (Wildman–Crippen MR) is 184 cm³/mol. The summed E-state index contributed by atoms with van der Waals surface area (Å²) in [4.78, 5) is 0. The molecule has 0 fully saturated rings. The Morgan fingerprint density at radius 3 is 1.20 bits per heavy atom. The van der Waals surface area contributed by atoms with E-state index >= 15 is 0 Å². The average molecular weight is 561 g/mol. The third-order valence-electron chi connectivity index (χ3n) is 9.25. The summed E-state index contributed by atoms with van der Waals surface area (Å²) < 4.78 is 13.5. The predicted octanol–water partition coefficient (Wildman–Crippen LogP) is 12.3. The summed E-state index contributed by atoms with van der Waals surface area (Å²) in [6.45, 7) is 0. The van der Waals surface area contributed by atoms with E-state index in [2.05, 4.69) is 146 Å². The lowest BCUT2D eigenvalue weighted by Crippen LogP contribution is -1.81. The maximum Gasteiger partial charge on any atom is 0.179 e. The third kappa shape index (κ3) is 3.25. The fourth-order valence-corrected chi connectivity index (χ4v) is 7.26. The minimum Gasteiger partial charge on any atom is -0.452 e. The van der Waals surface area contributed by atoms with Crippen LogP contribution in [0, 0.1) is 0 Å². The second-order valence-electron chi connectivity index (χ2n) is 11.6. The summed E-state index contributed by atoms with van der Waals surface area (Å²) in [7, 11) is 0. The van der Waals surface area contributed by atoms with Crippen LogP contribution in [0.4, 0.5) is 0 Å². The molecule has 8 aromatic carbocycles. The Balaban J connectivity index is 1.26. The first kappa shape index (κ1) is 23.7. The second-order valence-corrected chi connectivity index (χ2v) is 11.6. The van der Waals surface area contributed by atoms with Crippen LogP contribution in [0.25, 0.3) is 98.4 Å². The summed E-state index contributed by atoms with van der Waals surface area (Å²) in [5.74, 6) is 0. The van der Waals surface area contributed by atoms with Crippen LogP contribution in [0.3, 0.4) is 0 Å². The first-order valence-corrected chi connectivity index (χ1v) is 15.0. The molecule has 0 unspecified atom stereocenters. The molecule has 0 aliphatic rings. The highest BCUT2D eigenvalue weighted by Gasteiger charge is 2.21. The van der Waals surface area contributed by atoms with Crippen LogP contribution >= 0.6 is 0 Å². The van der Waals surface area contributed by atoms with Gasteiger partial charge >= 0.3 is 0 Å². The van der Waals surface area contributed by atoms with E-state index in [0.29, 0.717) is 0 Å². The highest BCUT2D eigenvalue weighted by atomic mass is 16.4. The van der Waals surface area contributed by atoms with Gasteiger partial charge in [0, 0.05) is 21.5 Å². The molecule has 0 radical (unpaired) electrons. The molecule has 44 heavy (non-hydrogen) atoms. The van der Waals surface area contributed by atoms with Crippen LogP contribution in [0.5, 0.6) is 0 Å². The smallest absolute Gasteiger partial charge is 0.179 e. The van der Waals surface area contributed by atoms with Crippen molar-refractivity contribution in [1.29, 1.82) is 0 Å². The highest BCUT2D eigenvalue weighted by Crippen LogP contribution is 2.46. The molecule has 10 aromatic rings. The molecule has 0 saturated heterocycles. The maximum absolute atomic E-state index is 6.76. The molecule has 10 rings (SSSR count). The Morgan fingerprint density at radius 2 is 0.727 bits per heavy atom. The van der Waals surface area contributed by atoms with Crippen molar-refractivity contribution in [2.45, 2.75) is 0 Å². The first-order valence-electron chi connectivity index (χ1n) is 15.0. The molecular weight excluding hydrogens is 536 g/mol. The summed E-state index contributed by atoms with van der Waals surface area (Å²) in [6.07, 6.45) is 0. The van der Waals surface area contributed by atoms with E-state index in [-0.39, 0.29) is 0 Å². The van der Waals surface area contributed by atoms with Crippen LogP contribution in [-0.4, -0.2) is 0 Å². The SMILES string of the molecule is c1ccc2c(-c3ccc4c(c3)oc3c5oc6cc(-c7cccc8ccccc78)ccc6c5c5ccccc5c43)cccc2c1. The lowest BCUT2D eigenvalue weighted by atomic mass is 9.95. The lowest BCUT2D eigenvalue weighted by molar-refractivity contribution is 0.634. The van der Waals surface area contributed by atoms with Crippen LogP contribution in [-0.2, 0) is 0 Å². The van der Waals surface area contributed by atoms with E-state index in [0.717, 1.165) is 55.0 Å². The Kier molecular flexibility index (Phi) is 4.75. The molecule has 0 spiro atoms. The highest BCUT2D eigenvalue weighted by molar-refractivity contribution is 6.33. The Bertz CT molecular complexity index is 2570. The van der Waals surface area contributed by atoms with Crippen molar-refractivity contribution < 1.29 is 8.83 Å².